The van der Waals surface area contributed by atoms with Crippen molar-refractivity contribution in [3.05, 3.63) is 113 Å². The van der Waals surface area contributed by atoms with Crippen LogP contribution in [0.2, 0.25) is 5.02 Å². The minimum absolute atomic E-state index is 0.491. The first kappa shape index (κ1) is 18.5. The Morgan fingerprint density at radius 1 is 0.714 bits per heavy atom. The van der Waals surface area contributed by atoms with Crippen LogP contribution in [0.4, 0.5) is 0 Å². The van der Waals surface area contributed by atoms with E-state index in [0.29, 0.717) is 6.61 Å². The van der Waals surface area contributed by atoms with Crippen LogP contribution in [0, 0.1) is 0 Å². The normalized spacial score (nSPS) is 10.9. The Labute approximate surface area is 170 Å². The highest BCUT2D eigenvalue weighted by Crippen LogP contribution is 2.29. The molecule has 0 spiro atoms. The molecule has 0 saturated carbocycles. The Balaban J connectivity index is 1.55. The van der Waals surface area contributed by atoms with Crippen LogP contribution in [0.3, 0.4) is 0 Å². The summed E-state index contributed by atoms with van der Waals surface area (Å²) in [5.74, 6) is 0.902. The van der Waals surface area contributed by atoms with Crippen LogP contribution in [0.15, 0.2) is 91.0 Å². The first-order chi connectivity index (χ1) is 13.8. The van der Waals surface area contributed by atoms with Crippen LogP contribution in [-0.2, 0) is 19.7 Å². The summed E-state index contributed by atoms with van der Waals surface area (Å²) in [6.45, 7) is 2.05. The van der Waals surface area contributed by atoms with Crippen LogP contribution >= 0.6 is 11.6 Å². The first-order valence-corrected chi connectivity index (χ1v) is 9.80. The molecule has 0 aliphatic heterocycles. The van der Waals surface area contributed by atoms with Crippen molar-refractivity contribution in [1.29, 1.82) is 0 Å². The van der Waals surface area contributed by atoms with Gasteiger partial charge >= 0.3 is 0 Å². The molecule has 4 aromatic carbocycles. The zero-order valence-corrected chi connectivity index (χ0v) is 16.3. The Morgan fingerprint density at radius 2 is 1.50 bits per heavy atom. The second-order valence-corrected chi connectivity index (χ2v) is 7.21. The van der Waals surface area contributed by atoms with E-state index in [4.69, 9.17) is 16.3 Å². The maximum absolute atomic E-state index is 6.19. The molecule has 0 saturated heterocycles. The third-order valence-electron chi connectivity index (χ3n) is 4.75. The second-order valence-electron chi connectivity index (χ2n) is 6.77. The number of ether oxygens (including phenoxy) is 1. The van der Waals surface area contributed by atoms with Crippen LogP contribution < -0.4 is 10.1 Å². The van der Waals surface area contributed by atoms with Crippen LogP contribution in [0.5, 0.6) is 5.75 Å². The topological polar surface area (TPSA) is 21.3 Å². The van der Waals surface area contributed by atoms with E-state index in [1.165, 1.54) is 21.9 Å². The van der Waals surface area contributed by atoms with Crippen molar-refractivity contribution in [2.75, 3.05) is 0 Å². The maximum Gasteiger partial charge on any atom is 0.124 e. The monoisotopic (exact) mass is 387 g/mol. The summed E-state index contributed by atoms with van der Waals surface area (Å²) < 4.78 is 6.19. The number of rotatable bonds is 7. The number of benzene rings is 4. The molecule has 140 valence electrons. The molecule has 0 aliphatic rings. The zero-order valence-electron chi connectivity index (χ0n) is 15.6. The number of halogens is 1. The van der Waals surface area contributed by atoms with Gasteiger partial charge in [-0.3, -0.25) is 0 Å². The van der Waals surface area contributed by atoms with Gasteiger partial charge in [-0.1, -0.05) is 84.4 Å². The molecule has 4 aromatic rings. The number of hydrogen-bond donors (Lipinski definition) is 1. The lowest BCUT2D eigenvalue weighted by Gasteiger charge is -2.15. The van der Waals surface area contributed by atoms with E-state index in [2.05, 4.69) is 66.0 Å². The first-order valence-electron chi connectivity index (χ1n) is 9.42. The SMILES string of the molecule is Clc1cccc(COc2ccc3ccccc3c2CNCc2ccccc2)c1. The van der Waals surface area contributed by atoms with Crippen molar-refractivity contribution in [3.63, 3.8) is 0 Å². The molecular formula is C25H22ClNO. The van der Waals surface area contributed by atoms with Crippen molar-refractivity contribution in [3.8, 4) is 5.75 Å². The third-order valence-corrected chi connectivity index (χ3v) is 4.99. The summed E-state index contributed by atoms with van der Waals surface area (Å²) in [7, 11) is 0. The lowest BCUT2D eigenvalue weighted by Crippen LogP contribution is -2.14. The van der Waals surface area contributed by atoms with Gasteiger partial charge in [0.15, 0.2) is 0 Å². The quantitative estimate of drug-likeness (QED) is 0.398. The lowest BCUT2D eigenvalue weighted by atomic mass is 10.0. The molecule has 2 nitrogen and oxygen atoms in total. The van der Waals surface area contributed by atoms with Gasteiger partial charge in [0.05, 0.1) is 0 Å². The Morgan fingerprint density at radius 3 is 2.36 bits per heavy atom. The summed E-state index contributed by atoms with van der Waals surface area (Å²) in [5.41, 5.74) is 3.50. The van der Waals surface area contributed by atoms with Crippen molar-refractivity contribution in [2.45, 2.75) is 19.7 Å². The molecule has 4 rings (SSSR count). The van der Waals surface area contributed by atoms with Crippen molar-refractivity contribution < 1.29 is 4.74 Å². The fourth-order valence-corrected chi connectivity index (χ4v) is 3.56. The molecule has 0 aliphatic carbocycles. The van der Waals surface area contributed by atoms with E-state index in [-0.39, 0.29) is 0 Å². The van der Waals surface area contributed by atoms with Crippen molar-refractivity contribution in [1.82, 2.24) is 5.32 Å². The van der Waals surface area contributed by atoms with E-state index < -0.39 is 0 Å². The number of fused-ring (bicyclic) bond motifs is 1. The average Bonchev–Trinajstić information content (AvgIpc) is 2.74. The van der Waals surface area contributed by atoms with Gasteiger partial charge in [0, 0.05) is 23.7 Å². The highest BCUT2D eigenvalue weighted by atomic mass is 35.5. The predicted octanol–water partition coefficient (Wildman–Crippen LogP) is 6.36. The summed E-state index contributed by atoms with van der Waals surface area (Å²) in [6, 6.07) is 30.8. The highest BCUT2D eigenvalue weighted by Gasteiger charge is 2.09. The Kier molecular flexibility index (Phi) is 5.91. The second kappa shape index (κ2) is 8.92. The van der Waals surface area contributed by atoms with Crippen LogP contribution in [0.1, 0.15) is 16.7 Å². The molecule has 0 atom stereocenters. The molecule has 0 unspecified atom stereocenters. The third kappa shape index (κ3) is 4.53. The predicted molar refractivity (Wildman–Crippen MR) is 117 cm³/mol. The lowest BCUT2D eigenvalue weighted by molar-refractivity contribution is 0.302. The Bertz CT molecular complexity index is 1060. The molecule has 3 heteroatoms. The molecule has 0 bridgehead atoms. The molecular weight excluding hydrogens is 366 g/mol. The van der Waals surface area contributed by atoms with E-state index in [1.54, 1.807) is 0 Å². The molecule has 0 fully saturated rings. The van der Waals surface area contributed by atoms with Crippen molar-refractivity contribution >= 4 is 22.4 Å². The summed E-state index contributed by atoms with van der Waals surface area (Å²) in [5, 5.41) is 6.71. The molecule has 28 heavy (non-hydrogen) atoms. The van der Waals surface area contributed by atoms with Crippen LogP contribution in [0.25, 0.3) is 10.8 Å². The molecule has 0 aromatic heterocycles. The van der Waals surface area contributed by atoms with Gasteiger partial charge in [-0.25, -0.2) is 0 Å². The van der Waals surface area contributed by atoms with Crippen LogP contribution in [-0.4, -0.2) is 0 Å². The van der Waals surface area contributed by atoms with E-state index in [9.17, 15) is 0 Å². The highest BCUT2D eigenvalue weighted by molar-refractivity contribution is 6.30. The minimum atomic E-state index is 0.491. The molecule has 0 heterocycles. The van der Waals surface area contributed by atoms with Gasteiger partial charge in [0.2, 0.25) is 0 Å². The van der Waals surface area contributed by atoms with E-state index in [1.807, 2.05) is 30.3 Å². The number of nitrogens with one attached hydrogen (secondary N) is 1. The fourth-order valence-electron chi connectivity index (χ4n) is 3.35. The van der Waals surface area contributed by atoms with E-state index in [0.717, 1.165) is 29.4 Å². The molecule has 0 amide bonds. The zero-order chi connectivity index (χ0) is 19.2. The maximum atomic E-state index is 6.19. The summed E-state index contributed by atoms with van der Waals surface area (Å²) >= 11 is 6.10. The Hall–Kier alpha value is -2.81. The standard InChI is InChI=1S/C25H22ClNO/c26-22-11-6-9-20(15-22)18-28-25-14-13-21-10-4-5-12-23(21)24(25)17-27-16-19-7-2-1-3-8-19/h1-15,27H,16-18H2. The van der Waals surface area contributed by atoms with Gasteiger partial charge in [0.1, 0.15) is 12.4 Å². The van der Waals surface area contributed by atoms with Gasteiger partial charge in [-0.15, -0.1) is 0 Å². The fraction of sp³-hybridized carbons (Fsp3) is 0.120. The van der Waals surface area contributed by atoms with Gasteiger partial charge in [0.25, 0.3) is 0 Å². The molecule has 1 N–H and O–H groups in total. The average molecular weight is 388 g/mol. The summed E-state index contributed by atoms with van der Waals surface area (Å²) in [4.78, 5) is 0. The van der Waals surface area contributed by atoms with Gasteiger partial charge in [-0.2, -0.15) is 0 Å². The van der Waals surface area contributed by atoms with Gasteiger partial charge in [-0.05, 0) is 40.1 Å². The smallest absolute Gasteiger partial charge is 0.124 e. The largest absolute Gasteiger partial charge is 0.489 e. The van der Waals surface area contributed by atoms with E-state index >= 15 is 0 Å². The molecule has 0 radical (unpaired) electrons. The number of hydrogen-bond acceptors (Lipinski definition) is 2. The van der Waals surface area contributed by atoms with Gasteiger partial charge < -0.3 is 10.1 Å². The van der Waals surface area contributed by atoms with Crippen molar-refractivity contribution in [2.24, 2.45) is 0 Å². The minimum Gasteiger partial charge on any atom is -0.489 e. The summed E-state index contributed by atoms with van der Waals surface area (Å²) in [6.07, 6.45) is 0.